The van der Waals surface area contributed by atoms with Gasteiger partial charge >= 0.3 is 0 Å². The van der Waals surface area contributed by atoms with Crippen LogP contribution < -0.4 is 15.0 Å². The molecule has 1 aliphatic rings. The first-order chi connectivity index (χ1) is 12.1. The van der Waals surface area contributed by atoms with E-state index in [1.807, 2.05) is 36.2 Å². The number of hydrogen-bond donors (Lipinski definition) is 1. The molecular formula is C17H19N5O3. The summed E-state index contributed by atoms with van der Waals surface area (Å²) in [5, 5.41) is 4.57. The number of nitrogens with one attached hydrogen (secondary N) is 1. The molecule has 1 atom stereocenters. The van der Waals surface area contributed by atoms with Gasteiger partial charge in [0, 0.05) is 13.6 Å². The summed E-state index contributed by atoms with van der Waals surface area (Å²) < 4.78 is 13.3. The van der Waals surface area contributed by atoms with Gasteiger partial charge in [0.25, 0.3) is 5.56 Å². The molecule has 25 heavy (non-hydrogen) atoms. The van der Waals surface area contributed by atoms with E-state index in [9.17, 15) is 4.79 Å². The number of H-pyrrole nitrogens is 1. The molecule has 0 aliphatic carbocycles. The van der Waals surface area contributed by atoms with Gasteiger partial charge in [0.15, 0.2) is 17.1 Å². The van der Waals surface area contributed by atoms with Gasteiger partial charge in [-0.2, -0.15) is 5.10 Å². The molecule has 1 aliphatic heterocycles. The topological polar surface area (TPSA) is 85.3 Å². The smallest absolute Gasteiger partial charge is 0.262 e. The number of aromatic amines is 1. The van der Waals surface area contributed by atoms with Gasteiger partial charge in [0.1, 0.15) is 23.9 Å². The number of nitrogens with zero attached hydrogens (tertiary/aromatic N) is 4. The van der Waals surface area contributed by atoms with Crippen LogP contribution in [-0.4, -0.2) is 51.0 Å². The van der Waals surface area contributed by atoms with Crippen LogP contribution in [0.15, 0.2) is 35.3 Å². The van der Waals surface area contributed by atoms with Crippen LogP contribution in [-0.2, 0) is 13.6 Å². The largest absolute Gasteiger partial charge is 0.486 e. The third-order valence-electron chi connectivity index (χ3n) is 4.15. The summed E-state index contributed by atoms with van der Waals surface area (Å²) in [6.45, 7) is 1.64. The van der Waals surface area contributed by atoms with Crippen molar-refractivity contribution in [3.05, 3.63) is 46.6 Å². The van der Waals surface area contributed by atoms with E-state index in [4.69, 9.17) is 9.47 Å². The molecule has 0 radical (unpaired) electrons. The number of benzene rings is 1. The van der Waals surface area contributed by atoms with Crippen molar-refractivity contribution in [3.63, 3.8) is 0 Å². The number of ether oxygens (including phenoxy) is 2. The Morgan fingerprint density at radius 3 is 3.00 bits per heavy atom. The lowest BCUT2D eigenvalue weighted by Gasteiger charge is -2.29. The lowest BCUT2D eigenvalue weighted by molar-refractivity contribution is 0.0632. The molecule has 0 spiro atoms. The van der Waals surface area contributed by atoms with Crippen molar-refractivity contribution < 1.29 is 9.47 Å². The van der Waals surface area contributed by atoms with E-state index in [1.54, 1.807) is 11.7 Å². The maximum atomic E-state index is 12.1. The van der Waals surface area contributed by atoms with Crippen LogP contribution in [0.1, 0.15) is 5.82 Å². The van der Waals surface area contributed by atoms with Gasteiger partial charge < -0.3 is 14.5 Å². The van der Waals surface area contributed by atoms with E-state index in [-0.39, 0.29) is 11.7 Å². The van der Waals surface area contributed by atoms with Crippen molar-refractivity contribution in [3.8, 4) is 11.5 Å². The molecule has 2 aromatic heterocycles. The Hall–Kier alpha value is -2.87. The first-order valence-electron chi connectivity index (χ1n) is 8.08. The van der Waals surface area contributed by atoms with Gasteiger partial charge in [0.05, 0.1) is 12.7 Å². The maximum absolute atomic E-state index is 12.1. The van der Waals surface area contributed by atoms with Crippen molar-refractivity contribution in [1.82, 2.24) is 24.6 Å². The first kappa shape index (κ1) is 15.6. The van der Waals surface area contributed by atoms with E-state index in [0.29, 0.717) is 36.6 Å². The average Bonchev–Trinajstić information content (AvgIpc) is 2.96. The van der Waals surface area contributed by atoms with Crippen molar-refractivity contribution >= 4 is 11.0 Å². The second kappa shape index (κ2) is 6.21. The van der Waals surface area contributed by atoms with Crippen LogP contribution in [0, 0.1) is 0 Å². The molecule has 3 aromatic rings. The SMILES string of the molecule is CN(Cc1nc2c(cnn2C)c(=O)[nH]1)C[C@@H]1COc2ccccc2O1. The molecule has 3 heterocycles. The second-order valence-corrected chi connectivity index (χ2v) is 6.21. The fraction of sp³-hybridized carbons (Fsp3) is 0.353. The zero-order chi connectivity index (χ0) is 17.4. The summed E-state index contributed by atoms with van der Waals surface area (Å²) in [6, 6.07) is 7.64. The van der Waals surface area contributed by atoms with Gasteiger partial charge in [0.2, 0.25) is 0 Å². The minimum absolute atomic E-state index is 0.0768. The van der Waals surface area contributed by atoms with E-state index < -0.39 is 0 Å². The summed E-state index contributed by atoms with van der Waals surface area (Å²) in [7, 11) is 3.73. The Balaban J connectivity index is 1.45. The minimum atomic E-state index is -0.173. The molecule has 1 aromatic carbocycles. The first-order valence-corrected chi connectivity index (χ1v) is 8.08. The highest BCUT2D eigenvalue weighted by Crippen LogP contribution is 2.30. The van der Waals surface area contributed by atoms with Crippen molar-refractivity contribution in [2.24, 2.45) is 7.05 Å². The normalized spacial score (nSPS) is 16.5. The predicted molar refractivity (Wildman–Crippen MR) is 91.8 cm³/mol. The molecule has 0 saturated heterocycles. The minimum Gasteiger partial charge on any atom is -0.486 e. The Labute approximate surface area is 144 Å². The molecule has 130 valence electrons. The zero-order valence-electron chi connectivity index (χ0n) is 14.1. The lowest BCUT2D eigenvalue weighted by Crippen LogP contribution is -2.39. The lowest BCUT2D eigenvalue weighted by atomic mass is 10.2. The third kappa shape index (κ3) is 3.08. The number of aromatic nitrogens is 4. The number of hydrogen-bond acceptors (Lipinski definition) is 6. The van der Waals surface area contributed by atoms with Crippen LogP contribution in [0.5, 0.6) is 11.5 Å². The molecular weight excluding hydrogens is 322 g/mol. The molecule has 4 rings (SSSR count). The van der Waals surface area contributed by atoms with Crippen molar-refractivity contribution in [2.45, 2.75) is 12.6 Å². The van der Waals surface area contributed by atoms with E-state index in [0.717, 1.165) is 11.5 Å². The summed E-state index contributed by atoms with van der Waals surface area (Å²) in [6.07, 6.45) is 1.45. The van der Waals surface area contributed by atoms with Crippen molar-refractivity contribution in [1.29, 1.82) is 0 Å². The van der Waals surface area contributed by atoms with E-state index in [1.165, 1.54) is 6.20 Å². The maximum Gasteiger partial charge on any atom is 0.262 e. The van der Waals surface area contributed by atoms with E-state index in [2.05, 4.69) is 15.1 Å². The number of fused-ring (bicyclic) bond motifs is 2. The highest BCUT2D eigenvalue weighted by molar-refractivity contribution is 5.72. The molecule has 0 saturated carbocycles. The van der Waals surface area contributed by atoms with Crippen LogP contribution >= 0.6 is 0 Å². The highest BCUT2D eigenvalue weighted by Gasteiger charge is 2.22. The van der Waals surface area contributed by atoms with E-state index >= 15 is 0 Å². The molecule has 8 nitrogen and oxygen atoms in total. The molecule has 0 fully saturated rings. The van der Waals surface area contributed by atoms with Gasteiger partial charge in [-0.1, -0.05) is 12.1 Å². The number of rotatable bonds is 4. The van der Waals surface area contributed by atoms with Crippen LogP contribution in [0.4, 0.5) is 0 Å². The molecule has 1 N–H and O–H groups in total. The van der Waals surface area contributed by atoms with Gasteiger partial charge in [-0.05, 0) is 19.2 Å². The molecule has 8 heteroatoms. The zero-order valence-corrected chi connectivity index (χ0v) is 14.1. The predicted octanol–water partition coefficient (Wildman–Crippen LogP) is 0.928. The molecule has 0 unspecified atom stereocenters. The fourth-order valence-electron chi connectivity index (χ4n) is 2.97. The van der Waals surface area contributed by atoms with Crippen LogP contribution in [0.3, 0.4) is 0 Å². The monoisotopic (exact) mass is 341 g/mol. The number of aryl methyl sites for hydroxylation is 1. The number of para-hydroxylation sites is 2. The Kier molecular flexibility index (Phi) is 3.89. The average molecular weight is 341 g/mol. The molecule has 0 bridgehead atoms. The Morgan fingerprint density at radius 1 is 1.36 bits per heavy atom. The summed E-state index contributed by atoms with van der Waals surface area (Å²) in [4.78, 5) is 21.5. The fourth-order valence-corrected chi connectivity index (χ4v) is 2.97. The number of likely N-dealkylation sites (N-methyl/N-ethyl adjacent to an activating group) is 1. The summed E-state index contributed by atoms with van der Waals surface area (Å²) >= 11 is 0. The Bertz CT molecular complexity index is 964. The summed E-state index contributed by atoms with van der Waals surface area (Å²) in [5.41, 5.74) is 0.408. The Morgan fingerprint density at radius 2 is 2.16 bits per heavy atom. The second-order valence-electron chi connectivity index (χ2n) is 6.21. The van der Waals surface area contributed by atoms with Gasteiger partial charge in [-0.25, -0.2) is 4.98 Å². The molecule has 0 amide bonds. The van der Waals surface area contributed by atoms with Crippen LogP contribution in [0.25, 0.3) is 11.0 Å². The summed E-state index contributed by atoms with van der Waals surface area (Å²) in [5.74, 6) is 2.13. The quantitative estimate of drug-likeness (QED) is 0.760. The van der Waals surface area contributed by atoms with Gasteiger partial charge in [-0.3, -0.25) is 14.4 Å². The van der Waals surface area contributed by atoms with Crippen molar-refractivity contribution in [2.75, 3.05) is 20.2 Å². The van der Waals surface area contributed by atoms with Crippen LogP contribution in [0.2, 0.25) is 0 Å². The standard InChI is InChI=1S/C17H19N5O3/c1-21(8-11-10-24-13-5-3-4-6-14(13)25-11)9-15-19-16-12(17(23)20-15)7-18-22(16)2/h3-7,11H,8-10H2,1-2H3,(H,19,20,23)/t11-/m1/s1. The third-order valence-corrected chi connectivity index (χ3v) is 4.15. The van der Waals surface area contributed by atoms with Gasteiger partial charge in [-0.15, -0.1) is 0 Å². The highest BCUT2D eigenvalue weighted by atomic mass is 16.6.